The van der Waals surface area contributed by atoms with Gasteiger partial charge in [-0.1, -0.05) is 0 Å². The highest BCUT2D eigenvalue weighted by molar-refractivity contribution is 5.80. The van der Waals surface area contributed by atoms with E-state index in [0.717, 1.165) is 39.0 Å². The predicted molar refractivity (Wildman–Crippen MR) is 48.2 cm³/mol. The van der Waals surface area contributed by atoms with E-state index in [1.54, 1.807) is 0 Å². The molecule has 2 rings (SSSR count). The first-order chi connectivity index (χ1) is 6.27. The normalized spacial score (nSPS) is 25.8. The van der Waals surface area contributed by atoms with Crippen LogP contribution >= 0.6 is 0 Å². The van der Waals surface area contributed by atoms with Gasteiger partial charge in [0.05, 0.1) is 12.0 Å². The van der Waals surface area contributed by atoms with Gasteiger partial charge in [0.1, 0.15) is 0 Å². The summed E-state index contributed by atoms with van der Waals surface area (Å²) >= 11 is 0. The lowest BCUT2D eigenvalue weighted by Gasteiger charge is -2.35. The van der Waals surface area contributed by atoms with E-state index in [-0.39, 0.29) is 17.9 Å². The zero-order chi connectivity index (χ0) is 9.26. The van der Waals surface area contributed by atoms with Gasteiger partial charge in [-0.3, -0.25) is 4.79 Å². The van der Waals surface area contributed by atoms with Gasteiger partial charge in [0.2, 0.25) is 5.91 Å². The largest absolute Gasteiger partial charge is 0.393 e. The van der Waals surface area contributed by atoms with Gasteiger partial charge in [-0.15, -0.1) is 0 Å². The number of rotatable bonds is 1. The highest BCUT2D eigenvalue weighted by atomic mass is 16.3. The average Bonchev–Trinajstić information content (AvgIpc) is 2.02. The molecule has 0 aromatic heterocycles. The van der Waals surface area contributed by atoms with Crippen molar-refractivity contribution in [3.63, 3.8) is 0 Å². The Kier molecular flexibility index (Phi) is 2.51. The van der Waals surface area contributed by atoms with E-state index in [1.807, 2.05) is 4.90 Å². The molecule has 2 saturated heterocycles. The summed E-state index contributed by atoms with van der Waals surface area (Å²) < 4.78 is 0. The SMILES string of the molecule is O=C(C1CNC1)N1CCC(O)CC1. The second-order valence-corrected chi connectivity index (χ2v) is 3.91. The summed E-state index contributed by atoms with van der Waals surface area (Å²) in [4.78, 5) is 13.6. The number of likely N-dealkylation sites (tertiary alicyclic amines) is 1. The van der Waals surface area contributed by atoms with Crippen molar-refractivity contribution < 1.29 is 9.90 Å². The molecule has 0 saturated carbocycles. The molecule has 0 spiro atoms. The van der Waals surface area contributed by atoms with Gasteiger partial charge in [-0.05, 0) is 12.8 Å². The first kappa shape index (κ1) is 8.97. The zero-order valence-corrected chi connectivity index (χ0v) is 7.70. The second kappa shape index (κ2) is 3.64. The molecule has 0 aromatic carbocycles. The standard InChI is InChI=1S/C9H16N2O2/c12-8-1-3-11(4-2-8)9(13)7-5-10-6-7/h7-8,10,12H,1-6H2. The first-order valence-corrected chi connectivity index (χ1v) is 4.95. The van der Waals surface area contributed by atoms with Gasteiger partial charge < -0.3 is 15.3 Å². The molecule has 1 amide bonds. The summed E-state index contributed by atoms with van der Waals surface area (Å²) in [7, 11) is 0. The Labute approximate surface area is 77.9 Å². The van der Waals surface area contributed by atoms with E-state index in [1.165, 1.54) is 0 Å². The Morgan fingerprint density at radius 1 is 1.31 bits per heavy atom. The molecule has 4 heteroatoms. The van der Waals surface area contributed by atoms with Crippen molar-refractivity contribution in [2.45, 2.75) is 18.9 Å². The van der Waals surface area contributed by atoms with Crippen molar-refractivity contribution in [3.8, 4) is 0 Å². The van der Waals surface area contributed by atoms with Gasteiger partial charge in [0.25, 0.3) is 0 Å². The molecule has 2 fully saturated rings. The van der Waals surface area contributed by atoms with Crippen LogP contribution in [0, 0.1) is 5.92 Å². The number of nitrogens with one attached hydrogen (secondary N) is 1. The van der Waals surface area contributed by atoms with Crippen molar-refractivity contribution >= 4 is 5.91 Å². The minimum absolute atomic E-state index is 0.191. The molecular weight excluding hydrogens is 168 g/mol. The molecule has 74 valence electrons. The van der Waals surface area contributed by atoms with E-state index >= 15 is 0 Å². The van der Waals surface area contributed by atoms with Crippen molar-refractivity contribution in [3.05, 3.63) is 0 Å². The Bertz CT molecular complexity index is 196. The van der Waals surface area contributed by atoms with E-state index in [9.17, 15) is 9.90 Å². The van der Waals surface area contributed by atoms with E-state index in [4.69, 9.17) is 0 Å². The summed E-state index contributed by atoms with van der Waals surface area (Å²) in [5.74, 6) is 0.473. The number of aliphatic hydroxyl groups is 1. The Hall–Kier alpha value is -0.610. The fraction of sp³-hybridized carbons (Fsp3) is 0.889. The third-order valence-electron chi connectivity index (χ3n) is 2.91. The van der Waals surface area contributed by atoms with Crippen molar-refractivity contribution in [1.29, 1.82) is 0 Å². The fourth-order valence-electron chi connectivity index (χ4n) is 1.81. The molecule has 2 heterocycles. The maximum Gasteiger partial charge on any atom is 0.228 e. The fourth-order valence-corrected chi connectivity index (χ4v) is 1.81. The van der Waals surface area contributed by atoms with Gasteiger partial charge in [-0.25, -0.2) is 0 Å². The Morgan fingerprint density at radius 3 is 2.38 bits per heavy atom. The van der Waals surface area contributed by atoms with Crippen molar-refractivity contribution in [1.82, 2.24) is 10.2 Å². The summed E-state index contributed by atoms with van der Waals surface area (Å²) in [5.41, 5.74) is 0. The molecule has 0 aromatic rings. The van der Waals surface area contributed by atoms with Crippen LogP contribution in [0.2, 0.25) is 0 Å². The second-order valence-electron chi connectivity index (χ2n) is 3.91. The molecule has 0 bridgehead atoms. The summed E-state index contributed by atoms with van der Waals surface area (Å²) in [6.07, 6.45) is 1.29. The minimum Gasteiger partial charge on any atom is -0.393 e. The molecule has 2 aliphatic rings. The van der Waals surface area contributed by atoms with Gasteiger partial charge >= 0.3 is 0 Å². The highest BCUT2D eigenvalue weighted by Crippen LogP contribution is 2.14. The van der Waals surface area contributed by atoms with Crippen LogP contribution < -0.4 is 5.32 Å². The number of nitrogens with zero attached hydrogens (tertiary/aromatic N) is 1. The molecule has 2 N–H and O–H groups in total. The molecule has 0 unspecified atom stereocenters. The molecule has 13 heavy (non-hydrogen) atoms. The zero-order valence-electron chi connectivity index (χ0n) is 7.70. The lowest BCUT2D eigenvalue weighted by Crippen LogP contribution is -2.53. The number of hydrogen-bond acceptors (Lipinski definition) is 3. The average molecular weight is 184 g/mol. The molecular formula is C9H16N2O2. The Balaban J connectivity index is 1.83. The maximum absolute atomic E-state index is 11.7. The third kappa shape index (κ3) is 1.84. The summed E-state index contributed by atoms with van der Waals surface area (Å²) in [6, 6.07) is 0. The number of amides is 1. The topological polar surface area (TPSA) is 52.6 Å². The molecule has 0 radical (unpaired) electrons. The van der Waals surface area contributed by atoms with Gasteiger partial charge in [0, 0.05) is 26.2 Å². The number of piperidine rings is 1. The van der Waals surface area contributed by atoms with Gasteiger partial charge in [-0.2, -0.15) is 0 Å². The van der Waals surface area contributed by atoms with Crippen molar-refractivity contribution in [2.75, 3.05) is 26.2 Å². The number of carbonyl (C=O) groups excluding carboxylic acids is 1. The van der Waals surface area contributed by atoms with Gasteiger partial charge in [0.15, 0.2) is 0 Å². The number of hydrogen-bond donors (Lipinski definition) is 2. The molecule has 0 aliphatic carbocycles. The van der Waals surface area contributed by atoms with E-state index in [0.29, 0.717) is 0 Å². The predicted octanol–water partition coefficient (Wildman–Crippen LogP) is -0.811. The quantitative estimate of drug-likeness (QED) is 0.560. The molecule has 2 aliphatic heterocycles. The smallest absolute Gasteiger partial charge is 0.228 e. The number of aliphatic hydroxyl groups excluding tert-OH is 1. The molecule has 4 nitrogen and oxygen atoms in total. The third-order valence-corrected chi connectivity index (χ3v) is 2.91. The minimum atomic E-state index is -0.191. The maximum atomic E-state index is 11.7. The van der Waals surface area contributed by atoms with E-state index < -0.39 is 0 Å². The summed E-state index contributed by atoms with van der Waals surface area (Å²) in [6.45, 7) is 3.13. The van der Waals surface area contributed by atoms with Crippen LogP contribution in [0.1, 0.15) is 12.8 Å². The van der Waals surface area contributed by atoms with Crippen LogP contribution in [0.15, 0.2) is 0 Å². The lowest BCUT2D eigenvalue weighted by atomic mass is 9.99. The van der Waals surface area contributed by atoms with Crippen LogP contribution in [0.4, 0.5) is 0 Å². The Morgan fingerprint density at radius 2 is 1.92 bits per heavy atom. The lowest BCUT2D eigenvalue weighted by molar-refractivity contribution is -0.139. The van der Waals surface area contributed by atoms with E-state index in [2.05, 4.69) is 5.32 Å². The van der Waals surface area contributed by atoms with Crippen molar-refractivity contribution in [2.24, 2.45) is 5.92 Å². The van der Waals surface area contributed by atoms with Crippen LogP contribution in [-0.4, -0.2) is 48.2 Å². The van der Waals surface area contributed by atoms with Crippen LogP contribution in [0.3, 0.4) is 0 Å². The number of carbonyl (C=O) groups is 1. The summed E-state index contributed by atoms with van der Waals surface area (Å²) in [5, 5.41) is 12.4. The monoisotopic (exact) mass is 184 g/mol. The first-order valence-electron chi connectivity index (χ1n) is 4.95. The highest BCUT2D eigenvalue weighted by Gasteiger charge is 2.30. The molecule has 0 atom stereocenters. The van der Waals surface area contributed by atoms with Crippen LogP contribution in [0.25, 0.3) is 0 Å². The van der Waals surface area contributed by atoms with Crippen LogP contribution in [-0.2, 0) is 4.79 Å². The van der Waals surface area contributed by atoms with Crippen LogP contribution in [0.5, 0.6) is 0 Å².